The van der Waals surface area contributed by atoms with Crippen LogP contribution >= 0.6 is 16.8 Å². The second-order valence-electron chi connectivity index (χ2n) is 10.1. The highest BCUT2D eigenvalue weighted by Gasteiger charge is 2.32. The quantitative estimate of drug-likeness (QED) is 0.115. The second kappa shape index (κ2) is 13.7. The van der Waals surface area contributed by atoms with Gasteiger partial charge >= 0.3 is 5.97 Å². The van der Waals surface area contributed by atoms with E-state index in [2.05, 4.69) is 10.6 Å². The predicted molar refractivity (Wildman–Crippen MR) is 152 cm³/mol. The molecule has 16 heteroatoms. The van der Waals surface area contributed by atoms with Gasteiger partial charge in [-0.25, -0.2) is 9.18 Å². The number of rotatable bonds is 12. The van der Waals surface area contributed by atoms with E-state index >= 15 is 4.39 Å². The van der Waals surface area contributed by atoms with Gasteiger partial charge in [-0.15, -0.1) is 0 Å². The number of anilines is 1. The average Bonchev–Trinajstić information content (AvgIpc) is 3.76. The van der Waals surface area contributed by atoms with Crippen molar-refractivity contribution in [2.24, 2.45) is 0 Å². The summed E-state index contributed by atoms with van der Waals surface area (Å²) in [5.74, 6) is -2.10. The predicted octanol–water partition coefficient (Wildman–Crippen LogP) is 1.25. The molecule has 6 N–H and O–H groups in total. The third-order valence-electron chi connectivity index (χ3n) is 7.08. The molecule has 1 unspecified atom stereocenters. The van der Waals surface area contributed by atoms with Crippen LogP contribution in [0.4, 0.5) is 10.1 Å². The van der Waals surface area contributed by atoms with Gasteiger partial charge < -0.3 is 49.1 Å². The third-order valence-corrected chi connectivity index (χ3v) is 9.90. The Balaban J connectivity index is 1.52. The fraction of sp³-hybridized carbons (Fsp3) is 0.560. The molecule has 0 spiro atoms. The first-order valence-electron chi connectivity index (χ1n) is 13.2. The molecule has 1 saturated carbocycles. The van der Waals surface area contributed by atoms with Crippen LogP contribution in [0.3, 0.4) is 0 Å². The van der Waals surface area contributed by atoms with E-state index in [-0.39, 0.29) is 53.9 Å². The molecular weight excluding hydrogens is 581 g/mol. The fourth-order valence-electron chi connectivity index (χ4n) is 4.95. The topological polar surface area (TPSA) is 183 Å². The van der Waals surface area contributed by atoms with Crippen LogP contribution in [0.2, 0.25) is 0 Å². The van der Waals surface area contributed by atoms with Gasteiger partial charge in [0.2, 0.25) is 5.43 Å². The molecule has 2 aliphatic rings. The van der Waals surface area contributed by atoms with E-state index in [9.17, 15) is 34.0 Å². The number of nitrogens with one attached hydrogen (secondary N) is 2. The number of hydrogen-bond acceptors (Lipinski definition) is 11. The van der Waals surface area contributed by atoms with Gasteiger partial charge in [-0.2, -0.15) is 0 Å². The van der Waals surface area contributed by atoms with Gasteiger partial charge in [0.1, 0.15) is 11.3 Å². The first-order chi connectivity index (χ1) is 19.5. The highest BCUT2D eigenvalue weighted by Crippen LogP contribution is 2.51. The zero-order valence-electron chi connectivity index (χ0n) is 22.7. The Hall–Kier alpha value is -2.44. The van der Waals surface area contributed by atoms with Crippen LogP contribution in [0.15, 0.2) is 17.1 Å². The fourth-order valence-corrected chi connectivity index (χ4v) is 6.51. The summed E-state index contributed by atoms with van der Waals surface area (Å²) >= 11 is 0. The van der Waals surface area contributed by atoms with Crippen LogP contribution in [0.25, 0.3) is 10.9 Å². The smallest absolute Gasteiger partial charge is 0.344 e. The molecule has 0 radical (unpaired) electrons. The number of carbonyl (C=O) groups is 2. The van der Waals surface area contributed by atoms with Crippen molar-refractivity contribution in [3.8, 4) is 5.75 Å². The molecule has 2 fully saturated rings. The number of esters is 1. The van der Waals surface area contributed by atoms with Crippen LogP contribution in [0.5, 0.6) is 5.75 Å². The van der Waals surface area contributed by atoms with Crippen LogP contribution in [-0.4, -0.2) is 87.4 Å². The third kappa shape index (κ3) is 7.32. The average molecular weight is 617 g/mol. The number of benzene rings is 1. The second-order valence-corrected chi connectivity index (χ2v) is 13.1. The number of amides is 1. The summed E-state index contributed by atoms with van der Waals surface area (Å²) < 4.78 is 28.1. The van der Waals surface area contributed by atoms with Crippen molar-refractivity contribution in [1.29, 1.82) is 0 Å². The lowest BCUT2D eigenvalue weighted by atomic mass is 10.1. The summed E-state index contributed by atoms with van der Waals surface area (Å²) in [4.78, 5) is 77.3. The molecule has 1 saturated heterocycles. The maximum atomic E-state index is 15.6. The van der Waals surface area contributed by atoms with E-state index in [1.54, 1.807) is 4.57 Å². The Kier molecular flexibility index (Phi) is 10.5. The molecule has 1 aromatic carbocycles. The number of methoxy groups -OCH3 is 1. The molecule has 1 aliphatic carbocycles. The minimum absolute atomic E-state index is 0.0105. The molecule has 0 bridgehead atoms. The van der Waals surface area contributed by atoms with Gasteiger partial charge in [-0.1, -0.05) is 0 Å². The van der Waals surface area contributed by atoms with Crippen molar-refractivity contribution in [1.82, 2.24) is 15.2 Å². The van der Waals surface area contributed by atoms with Crippen molar-refractivity contribution < 1.29 is 43.0 Å². The molecule has 1 amide bonds. The van der Waals surface area contributed by atoms with Crippen molar-refractivity contribution in [2.45, 2.75) is 50.1 Å². The number of carbonyl (C=O) groups excluding carboxylic acids is 2. The maximum absolute atomic E-state index is 15.6. The summed E-state index contributed by atoms with van der Waals surface area (Å²) in [7, 11) is -3.64. The summed E-state index contributed by atoms with van der Waals surface area (Å²) in [5.41, 5.74) is -0.396. The number of aromatic nitrogens is 1. The summed E-state index contributed by atoms with van der Waals surface area (Å²) in [6, 6.07) is 1.25. The number of hydrogen-bond donors (Lipinski definition) is 6. The van der Waals surface area contributed by atoms with E-state index in [0.29, 0.717) is 25.2 Å². The lowest BCUT2D eigenvalue weighted by Gasteiger charge is -2.35. The van der Waals surface area contributed by atoms with Gasteiger partial charge in [0, 0.05) is 44.5 Å². The van der Waals surface area contributed by atoms with Crippen LogP contribution in [-0.2, 0) is 9.53 Å². The SMILES string of the molecule is COc1c(N2CCNC(C)C2)c(F)cc2c(=O)c(C(=O)OCC(=O)NCCCC(P(O)O)P(O)O)cn(C3CC3)c12. The van der Waals surface area contributed by atoms with E-state index in [1.807, 2.05) is 11.8 Å². The minimum Gasteiger partial charge on any atom is -0.492 e. The number of nitrogens with zero attached hydrogens (tertiary/aromatic N) is 2. The first kappa shape index (κ1) is 31.5. The monoisotopic (exact) mass is 616 g/mol. The molecule has 1 aromatic heterocycles. The highest BCUT2D eigenvalue weighted by atomic mass is 31.2. The normalized spacial score (nSPS) is 17.5. The number of piperazine rings is 1. The zero-order chi connectivity index (χ0) is 29.8. The molecular formula is C25H35FN4O9P2. The number of halogens is 1. The lowest BCUT2D eigenvalue weighted by Crippen LogP contribution is -2.49. The van der Waals surface area contributed by atoms with Crippen molar-refractivity contribution >= 4 is 45.2 Å². The van der Waals surface area contributed by atoms with Crippen molar-refractivity contribution in [2.75, 3.05) is 44.8 Å². The minimum atomic E-state index is -2.53. The summed E-state index contributed by atoms with van der Waals surface area (Å²) in [5, 5.41) is 4.70. The maximum Gasteiger partial charge on any atom is 0.344 e. The molecule has 2 heterocycles. The number of pyridine rings is 1. The Bertz CT molecular complexity index is 1330. The van der Waals surface area contributed by atoms with Crippen LogP contribution in [0.1, 0.15) is 49.0 Å². The molecule has 1 atom stereocenters. The van der Waals surface area contributed by atoms with Gasteiger partial charge in [0.05, 0.1) is 23.4 Å². The molecule has 2 aromatic rings. The van der Waals surface area contributed by atoms with Crippen LogP contribution in [0, 0.1) is 5.82 Å². The Morgan fingerprint density at radius 1 is 1.24 bits per heavy atom. The largest absolute Gasteiger partial charge is 0.492 e. The molecule has 1 aliphatic heterocycles. The lowest BCUT2D eigenvalue weighted by molar-refractivity contribution is -0.124. The van der Waals surface area contributed by atoms with E-state index in [0.717, 1.165) is 18.9 Å². The Morgan fingerprint density at radius 3 is 2.56 bits per heavy atom. The number of fused-ring (bicyclic) bond motifs is 1. The molecule has 13 nitrogen and oxygen atoms in total. The van der Waals surface area contributed by atoms with Crippen molar-refractivity contribution in [3.05, 3.63) is 33.9 Å². The van der Waals surface area contributed by atoms with Gasteiger partial charge in [-0.3, -0.25) is 9.59 Å². The number of ether oxygens (including phenoxy) is 2. The van der Waals surface area contributed by atoms with Gasteiger partial charge in [-0.05, 0) is 38.7 Å². The molecule has 41 heavy (non-hydrogen) atoms. The van der Waals surface area contributed by atoms with Crippen LogP contribution < -0.4 is 25.7 Å². The van der Waals surface area contributed by atoms with E-state index < -0.39 is 51.9 Å². The summed E-state index contributed by atoms with van der Waals surface area (Å²) in [6.07, 6.45) is 3.28. The van der Waals surface area contributed by atoms with Crippen molar-refractivity contribution in [3.63, 3.8) is 0 Å². The van der Waals surface area contributed by atoms with Gasteiger partial charge in [0.15, 0.2) is 34.9 Å². The van der Waals surface area contributed by atoms with E-state index in [1.165, 1.54) is 13.3 Å². The van der Waals surface area contributed by atoms with E-state index in [4.69, 9.17) is 9.47 Å². The standard InChI is InChI=1S/C25H35FN4O9P2/c1-14-11-29(9-8-27-14)22-18(26)10-16-21(24(22)38-2)30(15-5-6-15)12-17(23(16)32)25(33)39-13-19(31)28-7-3-4-20(40(34)35)41(36)37/h10,12,14-15,20,27,34-37H,3-9,11,13H2,1-2H3,(H,28,31). The highest BCUT2D eigenvalue weighted by molar-refractivity contribution is 7.64. The Morgan fingerprint density at radius 2 is 1.95 bits per heavy atom. The first-order valence-corrected chi connectivity index (χ1v) is 15.9. The zero-order valence-corrected chi connectivity index (χ0v) is 24.5. The summed E-state index contributed by atoms with van der Waals surface area (Å²) in [6.45, 7) is 3.15. The molecule has 226 valence electrons. The van der Waals surface area contributed by atoms with Gasteiger partial charge in [0.25, 0.3) is 5.91 Å². The molecule has 4 rings (SSSR count). The Labute approximate surface area is 238 Å².